The molecule has 0 saturated carbocycles. The number of carbonyl (C=O) groups excluding carboxylic acids is 2. The maximum atomic E-state index is 12.5. The molecule has 2 aliphatic rings. The second-order valence-electron chi connectivity index (χ2n) is 7.25. The minimum absolute atomic E-state index is 0.0902. The first-order valence-corrected chi connectivity index (χ1v) is 11.1. The minimum atomic E-state index is -0.0902. The molecule has 0 radical (unpaired) electrons. The number of rotatable bonds is 7. The van der Waals surface area contributed by atoms with Gasteiger partial charge in [0.15, 0.2) is 11.5 Å². The Hall–Kier alpha value is -2.71. The van der Waals surface area contributed by atoms with E-state index >= 15 is 0 Å². The molecule has 1 saturated heterocycles. The Morgan fingerprint density at radius 2 is 1.70 bits per heavy atom. The van der Waals surface area contributed by atoms with Crippen molar-refractivity contribution in [2.45, 2.75) is 6.54 Å². The summed E-state index contributed by atoms with van der Waals surface area (Å²) in [6.07, 6.45) is 0. The third kappa shape index (κ3) is 5.46. The van der Waals surface area contributed by atoms with Crippen LogP contribution in [0.4, 0.5) is 5.69 Å². The van der Waals surface area contributed by atoms with Gasteiger partial charge in [-0.1, -0.05) is 24.3 Å². The van der Waals surface area contributed by atoms with Gasteiger partial charge in [0.2, 0.25) is 18.6 Å². The summed E-state index contributed by atoms with van der Waals surface area (Å²) in [6, 6.07) is 15.4. The number of hydrogen-bond donors (Lipinski definition) is 1. The van der Waals surface area contributed by atoms with Crippen LogP contribution in [0.5, 0.6) is 11.5 Å². The summed E-state index contributed by atoms with van der Waals surface area (Å²) in [6.45, 7) is 4.19. The zero-order valence-corrected chi connectivity index (χ0v) is 17.5. The van der Waals surface area contributed by atoms with Gasteiger partial charge < -0.3 is 19.7 Å². The predicted octanol–water partition coefficient (Wildman–Crippen LogP) is 2.43. The van der Waals surface area contributed by atoms with Crippen LogP contribution in [0.2, 0.25) is 0 Å². The lowest BCUT2D eigenvalue weighted by Gasteiger charge is -2.34. The number of ether oxygens (including phenoxy) is 2. The van der Waals surface area contributed by atoms with E-state index < -0.39 is 0 Å². The average molecular weight is 428 g/mol. The average Bonchev–Trinajstić information content (AvgIpc) is 3.23. The molecule has 1 fully saturated rings. The standard InChI is InChI=1S/C22H25N3O4S/c26-21(23-18-4-2-1-3-5-18)14-30-15-22(27)25-10-8-24(9-11-25)13-17-6-7-19-20(12-17)29-16-28-19/h1-7,12H,8-11,13-16H2,(H,23,26). The Bertz CT molecular complexity index is 885. The van der Waals surface area contributed by atoms with Crippen LogP contribution in [-0.2, 0) is 16.1 Å². The number of anilines is 1. The fourth-order valence-corrected chi connectivity index (χ4v) is 4.21. The van der Waals surface area contributed by atoms with Gasteiger partial charge >= 0.3 is 0 Å². The van der Waals surface area contributed by atoms with Crippen LogP contribution in [0.3, 0.4) is 0 Å². The Kier molecular flexibility index (Phi) is 6.76. The predicted molar refractivity (Wildman–Crippen MR) is 117 cm³/mol. The van der Waals surface area contributed by atoms with Crippen LogP contribution in [0.15, 0.2) is 48.5 Å². The summed E-state index contributed by atoms with van der Waals surface area (Å²) in [4.78, 5) is 28.7. The quantitative estimate of drug-likeness (QED) is 0.732. The zero-order chi connectivity index (χ0) is 20.8. The molecule has 0 spiro atoms. The SMILES string of the molecule is O=C(CSCC(=O)N1CCN(Cc2ccc3c(c2)OCO3)CC1)Nc1ccccc1. The highest BCUT2D eigenvalue weighted by molar-refractivity contribution is 8.00. The molecule has 2 heterocycles. The van der Waals surface area contributed by atoms with Crippen LogP contribution in [-0.4, -0.2) is 66.1 Å². The van der Waals surface area contributed by atoms with E-state index in [1.54, 1.807) is 0 Å². The summed E-state index contributed by atoms with van der Waals surface area (Å²) >= 11 is 1.35. The van der Waals surface area contributed by atoms with Crippen molar-refractivity contribution in [2.24, 2.45) is 0 Å². The van der Waals surface area contributed by atoms with Crippen molar-refractivity contribution < 1.29 is 19.1 Å². The zero-order valence-electron chi connectivity index (χ0n) is 16.7. The van der Waals surface area contributed by atoms with E-state index in [0.717, 1.165) is 36.8 Å². The number of amides is 2. The number of piperazine rings is 1. The number of nitrogens with one attached hydrogen (secondary N) is 1. The van der Waals surface area contributed by atoms with Crippen molar-refractivity contribution in [1.29, 1.82) is 0 Å². The molecule has 7 nitrogen and oxygen atoms in total. The molecule has 158 valence electrons. The molecule has 2 aromatic rings. The molecule has 2 amide bonds. The van der Waals surface area contributed by atoms with Crippen molar-refractivity contribution in [3.05, 3.63) is 54.1 Å². The molecule has 0 bridgehead atoms. The maximum absolute atomic E-state index is 12.5. The number of carbonyl (C=O) groups is 2. The summed E-state index contributed by atoms with van der Waals surface area (Å²) in [5.74, 6) is 2.19. The largest absolute Gasteiger partial charge is 0.454 e. The molecule has 1 N–H and O–H groups in total. The number of fused-ring (bicyclic) bond motifs is 1. The number of thioether (sulfide) groups is 1. The minimum Gasteiger partial charge on any atom is -0.454 e. The van der Waals surface area contributed by atoms with E-state index in [1.807, 2.05) is 47.4 Å². The summed E-state index contributed by atoms with van der Waals surface area (Å²) in [7, 11) is 0. The van der Waals surface area contributed by atoms with Crippen molar-refractivity contribution in [3.8, 4) is 11.5 Å². The number of benzene rings is 2. The van der Waals surface area contributed by atoms with Gasteiger partial charge in [-0.3, -0.25) is 14.5 Å². The normalized spacial score (nSPS) is 15.8. The summed E-state index contributed by atoms with van der Waals surface area (Å²) in [5.41, 5.74) is 1.95. The van der Waals surface area contributed by atoms with E-state index in [9.17, 15) is 9.59 Å². The van der Waals surface area contributed by atoms with Crippen molar-refractivity contribution in [3.63, 3.8) is 0 Å². The van der Waals surface area contributed by atoms with E-state index in [-0.39, 0.29) is 24.4 Å². The van der Waals surface area contributed by atoms with Crippen molar-refractivity contribution in [2.75, 3.05) is 49.8 Å². The lowest BCUT2D eigenvalue weighted by molar-refractivity contribution is -0.130. The van der Waals surface area contributed by atoms with Crippen molar-refractivity contribution in [1.82, 2.24) is 9.80 Å². The van der Waals surface area contributed by atoms with Crippen LogP contribution in [0.25, 0.3) is 0 Å². The lowest BCUT2D eigenvalue weighted by Crippen LogP contribution is -2.48. The highest BCUT2D eigenvalue weighted by Crippen LogP contribution is 2.32. The number of nitrogens with zero attached hydrogens (tertiary/aromatic N) is 2. The van der Waals surface area contributed by atoms with Crippen LogP contribution < -0.4 is 14.8 Å². The molecule has 8 heteroatoms. The molecule has 0 aliphatic carbocycles. The molecule has 0 aromatic heterocycles. The molecule has 0 atom stereocenters. The number of hydrogen-bond acceptors (Lipinski definition) is 6. The highest BCUT2D eigenvalue weighted by atomic mass is 32.2. The monoisotopic (exact) mass is 427 g/mol. The second kappa shape index (κ2) is 9.86. The Morgan fingerprint density at radius 3 is 2.50 bits per heavy atom. The third-order valence-corrected chi connectivity index (χ3v) is 6.00. The van der Waals surface area contributed by atoms with Gasteiger partial charge in [-0.25, -0.2) is 0 Å². The fraction of sp³-hybridized carbons (Fsp3) is 0.364. The van der Waals surface area contributed by atoms with Gasteiger partial charge in [0.05, 0.1) is 11.5 Å². The topological polar surface area (TPSA) is 71.1 Å². The molecule has 2 aliphatic heterocycles. The van der Waals surface area contributed by atoms with E-state index in [4.69, 9.17) is 9.47 Å². The molecule has 4 rings (SSSR count). The molecule has 2 aromatic carbocycles. The highest BCUT2D eigenvalue weighted by Gasteiger charge is 2.22. The van der Waals surface area contributed by atoms with Gasteiger partial charge in [0.1, 0.15) is 0 Å². The van der Waals surface area contributed by atoms with E-state index in [1.165, 1.54) is 17.3 Å². The second-order valence-corrected chi connectivity index (χ2v) is 8.24. The van der Waals surface area contributed by atoms with Gasteiger partial charge in [0, 0.05) is 38.4 Å². The Balaban J connectivity index is 1.15. The summed E-state index contributed by atoms with van der Waals surface area (Å²) in [5, 5.41) is 2.83. The van der Waals surface area contributed by atoms with Crippen LogP contribution in [0, 0.1) is 0 Å². The Labute approximate surface area is 180 Å². The van der Waals surface area contributed by atoms with Gasteiger partial charge in [-0.05, 0) is 29.8 Å². The summed E-state index contributed by atoms with van der Waals surface area (Å²) < 4.78 is 10.8. The van der Waals surface area contributed by atoms with Gasteiger partial charge in [-0.15, -0.1) is 11.8 Å². The van der Waals surface area contributed by atoms with Gasteiger partial charge in [-0.2, -0.15) is 0 Å². The maximum Gasteiger partial charge on any atom is 0.234 e. The van der Waals surface area contributed by atoms with Crippen molar-refractivity contribution >= 4 is 29.3 Å². The molecule has 0 unspecified atom stereocenters. The fourth-order valence-electron chi connectivity index (χ4n) is 3.49. The van der Waals surface area contributed by atoms with Crippen LogP contribution in [0.1, 0.15) is 5.56 Å². The Morgan fingerprint density at radius 1 is 0.933 bits per heavy atom. The third-order valence-electron chi connectivity index (χ3n) is 5.08. The van der Waals surface area contributed by atoms with Crippen LogP contribution >= 0.6 is 11.8 Å². The first-order valence-electron chi connectivity index (χ1n) is 9.99. The van der Waals surface area contributed by atoms with Gasteiger partial charge in [0.25, 0.3) is 0 Å². The first-order chi connectivity index (χ1) is 14.7. The molecule has 30 heavy (non-hydrogen) atoms. The smallest absolute Gasteiger partial charge is 0.234 e. The number of para-hydroxylation sites is 1. The first kappa shape index (κ1) is 20.6. The lowest BCUT2D eigenvalue weighted by atomic mass is 10.1. The van der Waals surface area contributed by atoms with E-state index in [2.05, 4.69) is 16.3 Å². The molecular weight excluding hydrogens is 402 g/mol. The molecular formula is C22H25N3O4S. The van der Waals surface area contributed by atoms with E-state index in [0.29, 0.717) is 18.8 Å².